The fourth-order valence-corrected chi connectivity index (χ4v) is 1.90. The number of aromatic hydroxyl groups is 1. The molecule has 112 valence electrons. The molecule has 6 nitrogen and oxygen atoms in total. The molecule has 0 aliphatic carbocycles. The Balaban J connectivity index is 2.36. The number of primary amides is 1. The van der Waals surface area contributed by atoms with Crippen LogP contribution < -0.4 is 17.2 Å². The Morgan fingerprint density at radius 1 is 1.05 bits per heavy atom. The van der Waals surface area contributed by atoms with Crippen molar-refractivity contribution in [3.05, 3.63) is 60.3 Å². The lowest BCUT2D eigenvalue weighted by atomic mass is 10.1. The Kier molecular flexibility index (Phi) is 4.43. The number of amidine groups is 1. The van der Waals surface area contributed by atoms with E-state index in [4.69, 9.17) is 17.2 Å². The lowest BCUT2D eigenvalue weighted by Crippen LogP contribution is -2.27. The van der Waals surface area contributed by atoms with Crippen LogP contribution in [0.2, 0.25) is 0 Å². The fourth-order valence-electron chi connectivity index (χ4n) is 1.90. The van der Waals surface area contributed by atoms with E-state index in [0.29, 0.717) is 5.69 Å². The second-order valence-corrected chi connectivity index (χ2v) is 4.54. The number of hydrogen-bond acceptors (Lipinski definition) is 4. The molecule has 0 spiro atoms. The number of aliphatic imine (C=N–C) groups is 1. The van der Waals surface area contributed by atoms with Gasteiger partial charge in [-0.25, -0.2) is 4.99 Å². The van der Waals surface area contributed by atoms with Gasteiger partial charge in [-0.2, -0.15) is 0 Å². The minimum atomic E-state index is -0.738. The molecule has 0 atom stereocenters. The van der Waals surface area contributed by atoms with Crippen LogP contribution in [-0.2, 0) is 4.79 Å². The van der Waals surface area contributed by atoms with Gasteiger partial charge >= 0.3 is 0 Å². The van der Waals surface area contributed by atoms with Gasteiger partial charge in [-0.1, -0.05) is 24.3 Å². The van der Waals surface area contributed by atoms with Gasteiger partial charge in [0.25, 0.3) is 5.91 Å². The molecular formula is C16H16N4O2. The molecule has 0 bridgehead atoms. The van der Waals surface area contributed by atoms with Gasteiger partial charge in [0.05, 0.1) is 11.3 Å². The summed E-state index contributed by atoms with van der Waals surface area (Å²) in [5.41, 5.74) is 18.6. The third-order valence-electron chi connectivity index (χ3n) is 3.00. The number of carbonyl (C=O) groups excluding carboxylic acids is 1. The van der Waals surface area contributed by atoms with Gasteiger partial charge in [0.15, 0.2) is 0 Å². The number of nitrogens with two attached hydrogens (primary N) is 3. The molecular weight excluding hydrogens is 280 g/mol. The van der Waals surface area contributed by atoms with Crippen LogP contribution in [0.15, 0.2) is 65.3 Å². The molecule has 0 aromatic heterocycles. The summed E-state index contributed by atoms with van der Waals surface area (Å²) in [6.45, 7) is 0. The van der Waals surface area contributed by atoms with E-state index in [1.807, 2.05) is 12.1 Å². The van der Waals surface area contributed by atoms with Gasteiger partial charge in [0, 0.05) is 6.20 Å². The van der Waals surface area contributed by atoms with E-state index in [-0.39, 0.29) is 17.2 Å². The number of phenolic OH excluding ortho intramolecular Hbond substituents is 1. The second kappa shape index (κ2) is 6.45. The number of rotatable bonds is 4. The van der Waals surface area contributed by atoms with E-state index in [0.717, 1.165) is 17.3 Å². The molecule has 2 aromatic rings. The van der Waals surface area contributed by atoms with Crippen molar-refractivity contribution in [3.8, 4) is 16.9 Å². The Labute approximate surface area is 127 Å². The summed E-state index contributed by atoms with van der Waals surface area (Å²) < 4.78 is 0. The number of amides is 1. The highest BCUT2D eigenvalue weighted by atomic mass is 16.3. The van der Waals surface area contributed by atoms with Gasteiger partial charge in [0.2, 0.25) is 0 Å². The molecule has 0 fully saturated rings. The topological polar surface area (TPSA) is 128 Å². The van der Waals surface area contributed by atoms with Crippen molar-refractivity contribution in [1.82, 2.24) is 0 Å². The van der Waals surface area contributed by atoms with Crippen LogP contribution in [0.25, 0.3) is 11.1 Å². The van der Waals surface area contributed by atoms with Crippen molar-refractivity contribution in [2.75, 3.05) is 0 Å². The summed E-state index contributed by atoms with van der Waals surface area (Å²) >= 11 is 0. The summed E-state index contributed by atoms with van der Waals surface area (Å²) in [6, 6.07) is 14.0. The Morgan fingerprint density at radius 3 is 2.32 bits per heavy atom. The summed E-state index contributed by atoms with van der Waals surface area (Å²) in [4.78, 5) is 15.3. The molecule has 0 aliphatic heterocycles. The number of benzene rings is 2. The largest absolute Gasteiger partial charge is 0.508 e. The quantitative estimate of drug-likeness (QED) is 0.386. The van der Waals surface area contributed by atoms with Gasteiger partial charge in [0.1, 0.15) is 11.6 Å². The molecule has 2 rings (SSSR count). The van der Waals surface area contributed by atoms with Crippen molar-refractivity contribution >= 4 is 17.4 Å². The molecule has 22 heavy (non-hydrogen) atoms. The lowest BCUT2D eigenvalue weighted by molar-refractivity contribution is -0.114. The molecule has 0 unspecified atom stereocenters. The normalized spacial score (nSPS) is 12.2. The molecule has 2 aromatic carbocycles. The minimum absolute atomic E-state index is 0.0324. The molecule has 0 saturated heterocycles. The van der Waals surface area contributed by atoms with Crippen molar-refractivity contribution in [1.29, 1.82) is 0 Å². The summed E-state index contributed by atoms with van der Waals surface area (Å²) in [5.74, 6) is -0.586. The zero-order valence-corrected chi connectivity index (χ0v) is 11.7. The molecule has 0 saturated carbocycles. The average Bonchev–Trinajstić information content (AvgIpc) is 2.48. The van der Waals surface area contributed by atoms with Crippen LogP contribution >= 0.6 is 0 Å². The van der Waals surface area contributed by atoms with Crippen LogP contribution in [0.1, 0.15) is 0 Å². The first kappa shape index (κ1) is 15.1. The van der Waals surface area contributed by atoms with E-state index < -0.39 is 5.91 Å². The maximum Gasteiger partial charge on any atom is 0.253 e. The number of carbonyl (C=O) groups is 1. The van der Waals surface area contributed by atoms with Crippen molar-refractivity contribution in [2.24, 2.45) is 22.2 Å². The SMILES string of the molecule is N/C=C(/C(N)=O)C(N)=Nc1cccc(-c2ccc(O)cc2)c1. The Bertz CT molecular complexity index is 749. The van der Waals surface area contributed by atoms with Gasteiger partial charge in [-0.05, 0) is 35.4 Å². The van der Waals surface area contributed by atoms with E-state index in [2.05, 4.69) is 4.99 Å². The minimum Gasteiger partial charge on any atom is -0.508 e. The Morgan fingerprint density at radius 2 is 1.73 bits per heavy atom. The number of hydrogen-bond donors (Lipinski definition) is 4. The first-order chi connectivity index (χ1) is 10.5. The predicted octanol–water partition coefficient (Wildman–Crippen LogP) is 1.38. The lowest BCUT2D eigenvalue weighted by Gasteiger charge is -2.05. The van der Waals surface area contributed by atoms with E-state index in [1.165, 1.54) is 0 Å². The predicted molar refractivity (Wildman–Crippen MR) is 86.3 cm³/mol. The standard InChI is InChI=1S/C16H16N4O2/c17-9-14(16(19)22)15(18)20-12-3-1-2-11(8-12)10-4-6-13(21)7-5-10/h1-9,21H,17H2,(H2,18,20)(H2,19,22)/b14-9+. The highest BCUT2D eigenvalue weighted by Crippen LogP contribution is 2.25. The molecule has 0 aliphatic rings. The first-order valence-electron chi connectivity index (χ1n) is 6.47. The molecule has 0 radical (unpaired) electrons. The van der Waals surface area contributed by atoms with E-state index in [9.17, 15) is 9.90 Å². The van der Waals surface area contributed by atoms with Crippen LogP contribution in [0, 0.1) is 0 Å². The Hall–Kier alpha value is -3.28. The van der Waals surface area contributed by atoms with Gasteiger partial charge in [-0.15, -0.1) is 0 Å². The van der Waals surface area contributed by atoms with Crippen LogP contribution in [0.4, 0.5) is 5.69 Å². The zero-order chi connectivity index (χ0) is 16.1. The van der Waals surface area contributed by atoms with E-state index in [1.54, 1.807) is 36.4 Å². The van der Waals surface area contributed by atoms with E-state index >= 15 is 0 Å². The molecule has 7 N–H and O–H groups in total. The monoisotopic (exact) mass is 296 g/mol. The third-order valence-corrected chi connectivity index (χ3v) is 3.00. The third kappa shape index (κ3) is 3.43. The fraction of sp³-hybridized carbons (Fsp3) is 0. The van der Waals surface area contributed by atoms with Crippen molar-refractivity contribution in [3.63, 3.8) is 0 Å². The maximum atomic E-state index is 11.2. The summed E-state index contributed by atoms with van der Waals surface area (Å²) in [5, 5.41) is 9.32. The van der Waals surface area contributed by atoms with Crippen molar-refractivity contribution in [2.45, 2.75) is 0 Å². The second-order valence-electron chi connectivity index (χ2n) is 4.54. The molecule has 0 heterocycles. The maximum absolute atomic E-state index is 11.2. The van der Waals surface area contributed by atoms with Crippen LogP contribution in [0.3, 0.4) is 0 Å². The van der Waals surface area contributed by atoms with Gasteiger partial charge < -0.3 is 22.3 Å². The smallest absolute Gasteiger partial charge is 0.253 e. The van der Waals surface area contributed by atoms with Gasteiger partial charge in [-0.3, -0.25) is 4.79 Å². The summed E-state index contributed by atoms with van der Waals surface area (Å²) in [7, 11) is 0. The van der Waals surface area contributed by atoms with Crippen LogP contribution in [0.5, 0.6) is 5.75 Å². The highest BCUT2D eigenvalue weighted by molar-refractivity contribution is 6.20. The first-order valence-corrected chi connectivity index (χ1v) is 6.47. The van der Waals surface area contributed by atoms with Crippen molar-refractivity contribution < 1.29 is 9.90 Å². The molecule has 1 amide bonds. The van der Waals surface area contributed by atoms with Crippen LogP contribution in [-0.4, -0.2) is 16.8 Å². The average molecular weight is 296 g/mol. The number of phenols is 1. The number of nitrogens with zero attached hydrogens (tertiary/aromatic N) is 1. The molecule has 6 heteroatoms. The zero-order valence-electron chi connectivity index (χ0n) is 11.7. The highest BCUT2D eigenvalue weighted by Gasteiger charge is 2.09. The summed E-state index contributed by atoms with van der Waals surface area (Å²) in [6.07, 6.45) is 1.03.